The second kappa shape index (κ2) is 72.6. The number of rotatable bonds is 80. The van der Waals surface area contributed by atoms with Gasteiger partial charge < -0.3 is 33.8 Å². The Labute approximate surface area is 613 Å². The molecular weight excluding hydrogens is 1310 g/mol. The first-order valence-corrected chi connectivity index (χ1v) is 45.0. The Bertz CT molecular complexity index is 1930. The van der Waals surface area contributed by atoms with E-state index in [1.165, 1.54) is 238 Å². The van der Waals surface area contributed by atoms with Crippen LogP contribution < -0.4 is 0 Å². The summed E-state index contributed by atoms with van der Waals surface area (Å²) in [5, 5.41) is 10.6. The van der Waals surface area contributed by atoms with Crippen LogP contribution in [0.15, 0.2) is 0 Å². The van der Waals surface area contributed by atoms with Crippen LogP contribution in [0.25, 0.3) is 0 Å². The standard InChI is InChI=1S/C81H158O17P2/c1-7-10-12-14-16-18-20-22-23-24-25-26-30-33-37-40-44-51-57-63-78(83)91-69-76(97-81(86)66-60-54-46-42-38-34-31-28-27-29-32-35-39-43-49-55-61-73(4)5)71-95-99(87,88)93-67-75(82)68-94-100(89,90)96-72-77(70-92-79(84)64-58-52-48-47-50-56-62-74(6)9-3)98-80(85)65-59-53-45-41-36-21-19-17-15-13-11-8-2/h73-77,82H,7-72H2,1-6H3,(H,87,88)(H,89,90)/t74?,75-,76-,77-/m1/s1. The SMILES string of the molecule is CCCCCCCCCCCCCCCCCCCCCC(=O)OC[C@H](COP(=O)(O)OC[C@@H](O)COP(=O)(O)OC[C@@H](COC(=O)CCCCCCCCC(C)CC)OC(=O)CCCCCCCCCCCCCC)OC(=O)CCCCCCCCCCCCCCCCCCC(C)C. The van der Waals surface area contributed by atoms with Crippen molar-refractivity contribution in [3.8, 4) is 0 Å². The number of carbonyl (C=O) groups excluding carboxylic acids is 4. The maximum Gasteiger partial charge on any atom is 0.472 e. The van der Waals surface area contributed by atoms with Crippen molar-refractivity contribution in [1.82, 2.24) is 0 Å². The minimum absolute atomic E-state index is 0.107. The van der Waals surface area contributed by atoms with Gasteiger partial charge in [0.05, 0.1) is 26.4 Å². The molecule has 0 bridgehead atoms. The molecule has 19 heteroatoms. The molecule has 0 saturated heterocycles. The molecule has 0 aromatic carbocycles. The van der Waals surface area contributed by atoms with Crippen LogP contribution in [-0.2, 0) is 65.4 Å². The molecule has 3 N–H and O–H groups in total. The summed E-state index contributed by atoms with van der Waals surface area (Å²) in [6.07, 6.45) is 62.5. The molecule has 17 nitrogen and oxygen atoms in total. The molecule has 0 radical (unpaired) electrons. The van der Waals surface area contributed by atoms with Crippen molar-refractivity contribution in [2.75, 3.05) is 39.6 Å². The third kappa shape index (κ3) is 73.0. The quantitative estimate of drug-likeness (QED) is 0.0222. The molecule has 0 fully saturated rings. The van der Waals surface area contributed by atoms with Crippen LogP contribution in [-0.4, -0.2) is 96.7 Å². The van der Waals surface area contributed by atoms with Gasteiger partial charge in [-0.2, -0.15) is 0 Å². The van der Waals surface area contributed by atoms with Crippen LogP contribution in [0.5, 0.6) is 0 Å². The fourth-order valence-electron chi connectivity index (χ4n) is 12.5. The molecule has 3 unspecified atom stereocenters. The van der Waals surface area contributed by atoms with Crippen LogP contribution in [0, 0.1) is 11.8 Å². The Morgan fingerprint density at radius 2 is 0.510 bits per heavy atom. The number of phosphoric ester groups is 2. The minimum Gasteiger partial charge on any atom is -0.462 e. The number of carbonyl (C=O) groups is 4. The van der Waals surface area contributed by atoms with E-state index in [1.807, 2.05) is 0 Å². The molecule has 0 spiro atoms. The summed E-state index contributed by atoms with van der Waals surface area (Å²) in [7, 11) is -9.92. The van der Waals surface area contributed by atoms with Gasteiger partial charge in [-0.05, 0) is 37.5 Å². The predicted octanol–water partition coefficient (Wildman–Crippen LogP) is 24.3. The zero-order valence-corrected chi connectivity index (χ0v) is 67.3. The highest BCUT2D eigenvalue weighted by Gasteiger charge is 2.30. The van der Waals surface area contributed by atoms with Crippen molar-refractivity contribution >= 4 is 39.5 Å². The third-order valence-electron chi connectivity index (χ3n) is 19.3. The minimum atomic E-state index is -4.96. The highest BCUT2D eigenvalue weighted by Crippen LogP contribution is 2.45. The number of esters is 4. The first kappa shape index (κ1) is 98.1. The Morgan fingerprint density at radius 1 is 0.290 bits per heavy atom. The van der Waals surface area contributed by atoms with E-state index >= 15 is 0 Å². The predicted molar refractivity (Wildman–Crippen MR) is 409 cm³/mol. The van der Waals surface area contributed by atoms with E-state index in [2.05, 4.69) is 41.5 Å². The lowest BCUT2D eigenvalue weighted by Gasteiger charge is -2.21. The van der Waals surface area contributed by atoms with Crippen molar-refractivity contribution in [3.05, 3.63) is 0 Å². The number of hydrogen-bond acceptors (Lipinski definition) is 15. The molecule has 0 saturated carbocycles. The first-order valence-electron chi connectivity index (χ1n) is 42.0. The van der Waals surface area contributed by atoms with Gasteiger partial charge in [-0.15, -0.1) is 0 Å². The first-order chi connectivity index (χ1) is 48.4. The lowest BCUT2D eigenvalue weighted by atomic mass is 10.00. The van der Waals surface area contributed by atoms with Crippen LogP contribution >= 0.6 is 15.6 Å². The molecular formula is C81H158O17P2. The second-order valence-corrected chi connectivity index (χ2v) is 32.8. The monoisotopic (exact) mass is 1470 g/mol. The van der Waals surface area contributed by atoms with E-state index in [-0.39, 0.29) is 25.7 Å². The molecule has 0 aromatic heterocycles. The molecule has 0 aromatic rings. The van der Waals surface area contributed by atoms with Crippen molar-refractivity contribution in [2.45, 2.75) is 445 Å². The molecule has 594 valence electrons. The van der Waals surface area contributed by atoms with E-state index in [4.69, 9.17) is 37.0 Å². The molecule has 6 atom stereocenters. The third-order valence-corrected chi connectivity index (χ3v) is 21.2. The molecule has 0 heterocycles. The van der Waals surface area contributed by atoms with Crippen molar-refractivity contribution in [2.24, 2.45) is 11.8 Å². The van der Waals surface area contributed by atoms with Gasteiger partial charge in [0.2, 0.25) is 0 Å². The smallest absolute Gasteiger partial charge is 0.462 e. The molecule has 0 aliphatic carbocycles. The molecule has 0 rings (SSSR count). The van der Waals surface area contributed by atoms with Crippen LogP contribution in [0.2, 0.25) is 0 Å². The number of aliphatic hydroxyl groups excluding tert-OH is 1. The van der Waals surface area contributed by atoms with Crippen molar-refractivity contribution < 1.29 is 80.2 Å². The number of hydrogen-bond donors (Lipinski definition) is 3. The number of phosphoric acid groups is 2. The molecule has 0 amide bonds. The summed E-state index contributed by atoms with van der Waals surface area (Å²) in [5.41, 5.74) is 0. The van der Waals surface area contributed by atoms with Gasteiger partial charge >= 0.3 is 39.5 Å². The lowest BCUT2D eigenvalue weighted by Crippen LogP contribution is -2.30. The highest BCUT2D eigenvalue weighted by molar-refractivity contribution is 7.47. The van der Waals surface area contributed by atoms with E-state index in [0.29, 0.717) is 25.7 Å². The number of unbranched alkanes of at least 4 members (excludes halogenated alkanes) is 49. The van der Waals surface area contributed by atoms with E-state index in [9.17, 15) is 43.2 Å². The zero-order chi connectivity index (χ0) is 73.5. The van der Waals surface area contributed by atoms with Crippen molar-refractivity contribution in [1.29, 1.82) is 0 Å². The maximum atomic E-state index is 13.1. The van der Waals surface area contributed by atoms with Gasteiger partial charge in [0.25, 0.3) is 0 Å². The fourth-order valence-corrected chi connectivity index (χ4v) is 14.1. The summed E-state index contributed by atoms with van der Waals surface area (Å²) in [6.45, 7) is 9.62. The van der Waals surface area contributed by atoms with Gasteiger partial charge in [-0.25, -0.2) is 9.13 Å². The Balaban J connectivity index is 5.22. The molecule has 0 aliphatic heterocycles. The van der Waals surface area contributed by atoms with Gasteiger partial charge in [-0.3, -0.25) is 37.3 Å². The van der Waals surface area contributed by atoms with Crippen LogP contribution in [0.3, 0.4) is 0 Å². The number of aliphatic hydroxyl groups is 1. The van der Waals surface area contributed by atoms with Gasteiger partial charge in [0, 0.05) is 25.7 Å². The normalized spacial score (nSPS) is 14.2. The lowest BCUT2D eigenvalue weighted by molar-refractivity contribution is -0.161. The zero-order valence-electron chi connectivity index (χ0n) is 65.5. The summed E-state index contributed by atoms with van der Waals surface area (Å²) in [4.78, 5) is 73.0. The average Bonchev–Trinajstić information content (AvgIpc) is 0.919. The molecule has 0 aliphatic rings. The van der Waals surface area contributed by atoms with E-state index in [1.54, 1.807) is 0 Å². The summed E-state index contributed by atoms with van der Waals surface area (Å²) < 4.78 is 68.7. The van der Waals surface area contributed by atoms with E-state index in [0.717, 1.165) is 108 Å². The van der Waals surface area contributed by atoms with Crippen LogP contribution in [0.4, 0.5) is 0 Å². The Kier molecular flexibility index (Phi) is 71.2. The summed E-state index contributed by atoms with van der Waals surface area (Å²) in [6, 6.07) is 0. The Morgan fingerprint density at radius 3 is 0.760 bits per heavy atom. The second-order valence-electron chi connectivity index (χ2n) is 29.9. The summed E-state index contributed by atoms with van der Waals surface area (Å²) in [5.74, 6) is -0.569. The average molecular weight is 1470 g/mol. The van der Waals surface area contributed by atoms with Crippen LogP contribution in [0.1, 0.15) is 427 Å². The van der Waals surface area contributed by atoms with Gasteiger partial charge in [0.1, 0.15) is 19.3 Å². The van der Waals surface area contributed by atoms with Gasteiger partial charge in [0.15, 0.2) is 12.2 Å². The topological polar surface area (TPSA) is 237 Å². The number of ether oxygens (including phenoxy) is 4. The van der Waals surface area contributed by atoms with Gasteiger partial charge in [-0.1, -0.05) is 375 Å². The van der Waals surface area contributed by atoms with E-state index < -0.39 is 97.5 Å². The maximum absolute atomic E-state index is 13.1. The van der Waals surface area contributed by atoms with Crippen molar-refractivity contribution in [3.63, 3.8) is 0 Å². The fraction of sp³-hybridized carbons (Fsp3) is 0.951. The summed E-state index contributed by atoms with van der Waals surface area (Å²) >= 11 is 0. The largest absolute Gasteiger partial charge is 0.472 e. The highest BCUT2D eigenvalue weighted by atomic mass is 31.2. The molecule has 100 heavy (non-hydrogen) atoms. The Hall–Kier alpha value is -1.94.